The van der Waals surface area contributed by atoms with Crippen molar-refractivity contribution in [3.05, 3.63) is 29.8 Å². The van der Waals surface area contributed by atoms with Gasteiger partial charge in [-0.3, -0.25) is 10.1 Å². The summed E-state index contributed by atoms with van der Waals surface area (Å²) in [5.74, 6) is -0.707. The van der Waals surface area contributed by atoms with Gasteiger partial charge in [0.05, 0.1) is 12.7 Å². The molecule has 7 heteroatoms. The van der Waals surface area contributed by atoms with Crippen LogP contribution in [-0.2, 0) is 9.53 Å². The van der Waals surface area contributed by atoms with Crippen molar-refractivity contribution in [2.45, 2.75) is 18.9 Å². The molecule has 0 radical (unpaired) electrons. The molecule has 0 bridgehead atoms. The topological polar surface area (TPSA) is 93.7 Å². The van der Waals surface area contributed by atoms with E-state index in [-0.39, 0.29) is 12.6 Å². The molecule has 3 amide bonds. The summed E-state index contributed by atoms with van der Waals surface area (Å²) in [7, 11) is 1.28. The molecule has 0 aromatic heterocycles. The second-order valence-corrected chi connectivity index (χ2v) is 4.60. The third-order valence-electron chi connectivity index (χ3n) is 2.79. The quantitative estimate of drug-likeness (QED) is 0.784. The fraction of sp³-hybridized carbons (Fsp3) is 0.357. The summed E-state index contributed by atoms with van der Waals surface area (Å²) in [4.78, 5) is 34.2. The molecule has 0 saturated heterocycles. The Morgan fingerprint density at radius 3 is 2.71 bits per heavy atom. The maximum Gasteiger partial charge on any atom is 0.337 e. The van der Waals surface area contributed by atoms with E-state index in [1.807, 2.05) is 0 Å². The number of imide groups is 1. The van der Waals surface area contributed by atoms with Crippen LogP contribution in [0.25, 0.3) is 0 Å². The number of carbonyl (C=O) groups excluding carboxylic acids is 3. The average molecular weight is 292 g/mol. The van der Waals surface area contributed by atoms with Crippen molar-refractivity contribution >= 4 is 17.9 Å². The molecule has 1 aromatic rings. The maximum absolute atomic E-state index is 11.5. The number of ether oxygens (including phenoxy) is 2. The molecule has 1 fully saturated rings. The zero-order valence-electron chi connectivity index (χ0n) is 11.5. The summed E-state index contributed by atoms with van der Waals surface area (Å²) >= 11 is 0. The SMILES string of the molecule is COC(=O)c1cccc(OCC(=O)NC(=O)NC2CC2)c1. The highest BCUT2D eigenvalue weighted by Gasteiger charge is 2.23. The molecule has 2 N–H and O–H groups in total. The van der Waals surface area contributed by atoms with E-state index in [0.29, 0.717) is 11.3 Å². The van der Waals surface area contributed by atoms with Gasteiger partial charge in [0, 0.05) is 6.04 Å². The summed E-state index contributed by atoms with van der Waals surface area (Å²) in [5.41, 5.74) is 0.321. The minimum Gasteiger partial charge on any atom is -0.484 e. The van der Waals surface area contributed by atoms with Gasteiger partial charge >= 0.3 is 12.0 Å². The summed E-state index contributed by atoms with van der Waals surface area (Å²) < 4.78 is 9.81. The summed E-state index contributed by atoms with van der Waals surface area (Å²) in [6.45, 7) is -0.317. The van der Waals surface area contributed by atoms with E-state index in [0.717, 1.165) is 12.8 Å². The second-order valence-electron chi connectivity index (χ2n) is 4.60. The van der Waals surface area contributed by atoms with E-state index in [2.05, 4.69) is 15.4 Å². The van der Waals surface area contributed by atoms with E-state index >= 15 is 0 Å². The van der Waals surface area contributed by atoms with E-state index in [4.69, 9.17) is 4.74 Å². The lowest BCUT2D eigenvalue weighted by molar-refractivity contribution is -0.122. The monoisotopic (exact) mass is 292 g/mol. The molecule has 1 aliphatic carbocycles. The van der Waals surface area contributed by atoms with Crippen LogP contribution >= 0.6 is 0 Å². The first kappa shape index (κ1) is 14.8. The normalized spacial score (nSPS) is 13.2. The van der Waals surface area contributed by atoms with Crippen LogP contribution in [0.15, 0.2) is 24.3 Å². The smallest absolute Gasteiger partial charge is 0.337 e. The highest BCUT2D eigenvalue weighted by Crippen LogP contribution is 2.18. The molecule has 0 aliphatic heterocycles. The van der Waals surface area contributed by atoms with Crippen molar-refractivity contribution < 1.29 is 23.9 Å². The fourth-order valence-corrected chi connectivity index (χ4v) is 1.59. The van der Waals surface area contributed by atoms with Crippen LogP contribution in [0.3, 0.4) is 0 Å². The molecule has 1 saturated carbocycles. The number of hydrogen-bond acceptors (Lipinski definition) is 5. The van der Waals surface area contributed by atoms with Gasteiger partial charge in [0.1, 0.15) is 5.75 Å². The molecule has 1 aliphatic rings. The summed E-state index contributed by atoms with van der Waals surface area (Å²) in [6, 6.07) is 5.90. The Morgan fingerprint density at radius 2 is 2.05 bits per heavy atom. The third-order valence-corrected chi connectivity index (χ3v) is 2.79. The van der Waals surface area contributed by atoms with Gasteiger partial charge in [-0.1, -0.05) is 6.07 Å². The number of benzene rings is 1. The molecule has 0 unspecified atom stereocenters. The van der Waals surface area contributed by atoms with Crippen LogP contribution < -0.4 is 15.4 Å². The van der Waals surface area contributed by atoms with Crippen molar-refractivity contribution in [3.63, 3.8) is 0 Å². The van der Waals surface area contributed by atoms with E-state index in [9.17, 15) is 14.4 Å². The Balaban J connectivity index is 1.80. The van der Waals surface area contributed by atoms with Crippen molar-refractivity contribution in [1.29, 1.82) is 0 Å². The zero-order valence-corrected chi connectivity index (χ0v) is 11.5. The van der Waals surface area contributed by atoms with Gasteiger partial charge in [-0.05, 0) is 31.0 Å². The van der Waals surface area contributed by atoms with Gasteiger partial charge in [-0.2, -0.15) is 0 Å². The number of rotatable bonds is 5. The van der Waals surface area contributed by atoms with E-state index in [1.54, 1.807) is 18.2 Å². The van der Waals surface area contributed by atoms with Crippen LogP contribution in [0.2, 0.25) is 0 Å². The van der Waals surface area contributed by atoms with Crippen LogP contribution in [-0.4, -0.2) is 37.7 Å². The van der Waals surface area contributed by atoms with Crippen LogP contribution in [0, 0.1) is 0 Å². The molecule has 112 valence electrons. The summed E-state index contributed by atoms with van der Waals surface area (Å²) in [6.07, 6.45) is 1.89. The first-order valence-corrected chi connectivity index (χ1v) is 6.50. The van der Waals surface area contributed by atoms with E-state index < -0.39 is 17.9 Å². The van der Waals surface area contributed by atoms with Gasteiger partial charge in [-0.25, -0.2) is 9.59 Å². The molecule has 1 aromatic carbocycles. The van der Waals surface area contributed by atoms with Gasteiger partial charge < -0.3 is 14.8 Å². The number of methoxy groups -OCH3 is 1. The van der Waals surface area contributed by atoms with Crippen LogP contribution in [0.4, 0.5) is 4.79 Å². The lowest BCUT2D eigenvalue weighted by Crippen LogP contribution is -2.42. The van der Waals surface area contributed by atoms with Crippen LogP contribution in [0.5, 0.6) is 5.75 Å². The Kier molecular flexibility index (Phi) is 4.76. The van der Waals surface area contributed by atoms with Crippen molar-refractivity contribution in [3.8, 4) is 5.75 Å². The number of urea groups is 1. The minimum atomic E-state index is -0.559. The molecular formula is C14H16N2O5. The maximum atomic E-state index is 11.5. The Bertz CT molecular complexity index is 554. The number of carbonyl (C=O) groups is 3. The largest absolute Gasteiger partial charge is 0.484 e. The van der Waals surface area contributed by atoms with Gasteiger partial charge in [0.25, 0.3) is 5.91 Å². The predicted octanol–water partition coefficient (Wildman–Crippen LogP) is 0.840. The van der Waals surface area contributed by atoms with Crippen molar-refractivity contribution in [2.24, 2.45) is 0 Å². The molecule has 7 nitrogen and oxygen atoms in total. The zero-order chi connectivity index (χ0) is 15.2. The third kappa shape index (κ3) is 4.79. The molecule has 0 heterocycles. The van der Waals surface area contributed by atoms with Gasteiger partial charge in [0.15, 0.2) is 6.61 Å². The number of amides is 3. The Hall–Kier alpha value is -2.57. The molecule has 0 spiro atoms. The number of nitrogens with one attached hydrogen (secondary N) is 2. The predicted molar refractivity (Wildman–Crippen MR) is 73.0 cm³/mol. The first-order chi connectivity index (χ1) is 10.1. The van der Waals surface area contributed by atoms with E-state index in [1.165, 1.54) is 13.2 Å². The van der Waals surface area contributed by atoms with Gasteiger partial charge in [0.2, 0.25) is 0 Å². The van der Waals surface area contributed by atoms with Crippen molar-refractivity contribution in [1.82, 2.24) is 10.6 Å². The minimum absolute atomic E-state index is 0.176. The standard InChI is InChI=1S/C14H16N2O5/c1-20-13(18)9-3-2-4-11(7-9)21-8-12(17)16-14(19)15-10-5-6-10/h2-4,7,10H,5-6,8H2,1H3,(H2,15,16,17,19). The van der Waals surface area contributed by atoms with Crippen molar-refractivity contribution in [2.75, 3.05) is 13.7 Å². The lowest BCUT2D eigenvalue weighted by atomic mass is 10.2. The highest BCUT2D eigenvalue weighted by molar-refractivity contribution is 5.95. The molecule has 2 rings (SSSR count). The fourth-order valence-electron chi connectivity index (χ4n) is 1.59. The molecule has 0 atom stereocenters. The molecule has 21 heavy (non-hydrogen) atoms. The van der Waals surface area contributed by atoms with Crippen LogP contribution in [0.1, 0.15) is 23.2 Å². The summed E-state index contributed by atoms with van der Waals surface area (Å²) in [5, 5.41) is 4.79. The Morgan fingerprint density at radius 1 is 1.29 bits per heavy atom. The number of esters is 1. The van der Waals surface area contributed by atoms with Gasteiger partial charge in [-0.15, -0.1) is 0 Å². The highest BCUT2D eigenvalue weighted by atomic mass is 16.5. The second kappa shape index (κ2) is 6.74. The Labute approximate surface area is 121 Å². The first-order valence-electron chi connectivity index (χ1n) is 6.50. The number of hydrogen-bond donors (Lipinski definition) is 2. The molecular weight excluding hydrogens is 276 g/mol. The lowest BCUT2D eigenvalue weighted by Gasteiger charge is -2.08. The average Bonchev–Trinajstić information content (AvgIpc) is 3.28.